The van der Waals surface area contributed by atoms with Gasteiger partial charge in [-0.1, -0.05) is 45.4 Å². The average molecular weight is 500 g/mol. The van der Waals surface area contributed by atoms with Crippen molar-refractivity contribution in [2.24, 2.45) is 10.8 Å². The van der Waals surface area contributed by atoms with Crippen molar-refractivity contribution >= 4 is 29.1 Å². The first-order chi connectivity index (χ1) is 16.3. The number of hydrogen-bond acceptors (Lipinski definition) is 5. The second-order valence-corrected chi connectivity index (χ2v) is 11.9. The maximum atomic E-state index is 13.7. The van der Waals surface area contributed by atoms with Crippen LogP contribution in [0.2, 0.25) is 5.02 Å². The number of carboxylic acids is 1. The third kappa shape index (κ3) is 4.90. The zero-order valence-corrected chi connectivity index (χ0v) is 21.9. The molecule has 0 bridgehead atoms. The van der Waals surface area contributed by atoms with Crippen LogP contribution in [0.1, 0.15) is 78.2 Å². The molecule has 2 aliphatic carbocycles. The van der Waals surface area contributed by atoms with E-state index in [0.29, 0.717) is 54.2 Å². The quantitative estimate of drug-likeness (QED) is 0.524. The predicted molar refractivity (Wildman–Crippen MR) is 134 cm³/mol. The lowest BCUT2D eigenvalue weighted by Crippen LogP contribution is -2.45. The zero-order valence-electron chi connectivity index (χ0n) is 21.2. The van der Waals surface area contributed by atoms with Gasteiger partial charge in [0.15, 0.2) is 11.6 Å². The molecule has 0 radical (unpaired) electrons. The smallest absolute Gasteiger partial charge is 0.305 e. The van der Waals surface area contributed by atoms with Crippen molar-refractivity contribution in [2.45, 2.75) is 72.6 Å². The summed E-state index contributed by atoms with van der Waals surface area (Å²) >= 11 is 6.55. The number of carbonyl (C=O) groups is 3. The summed E-state index contributed by atoms with van der Waals surface area (Å²) in [5.74, 6) is -0.835. The average Bonchev–Trinajstić information content (AvgIpc) is 2.71. The molecule has 1 N–H and O–H groups in total. The van der Waals surface area contributed by atoms with Crippen molar-refractivity contribution in [1.29, 1.82) is 0 Å². The molecule has 0 atom stereocenters. The van der Waals surface area contributed by atoms with Crippen LogP contribution in [0, 0.1) is 10.8 Å². The van der Waals surface area contributed by atoms with Gasteiger partial charge in [-0.05, 0) is 48.3 Å². The highest BCUT2D eigenvalue weighted by atomic mass is 35.5. The molecule has 0 unspecified atom stereocenters. The number of halogens is 1. The minimum atomic E-state index is -0.905. The molecule has 6 nitrogen and oxygen atoms in total. The summed E-state index contributed by atoms with van der Waals surface area (Å²) in [4.78, 5) is 40.9. The van der Waals surface area contributed by atoms with E-state index in [1.807, 2.05) is 17.9 Å². The highest BCUT2D eigenvalue weighted by Gasteiger charge is 2.49. The van der Waals surface area contributed by atoms with Gasteiger partial charge in [0.2, 0.25) is 0 Å². The zero-order chi connectivity index (χ0) is 25.7. The fraction of sp³-hybridized carbons (Fsp3) is 0.536. The Labute approximate surface area is 212 Å². The SMILES string of the molecule is CCOc1ccc(C2C3=C(CC(C)(C)CC3=O)N(CCC(=O)O)C3=C2C(=O)CC(C)(C)C3)cc1Cl. The summed E-state index contributed by atoms with van der Waals surface area (Å²) in [6, 6.07) is 5.50. The Morgan fingerprint density at radius 3 is 2.03 bits per heavy atom. The summed E-state index contributed by atoms with van der Waals surface area (Å²) in [6.07, 6.45) is 1.96. The molecule has 4 rings (SSSR count). The number of ether oxygens (including phenoxy) is 1. The first kappa shape index (κ1) is 25.5. The normalized spacial score (nSPS) is 21.7. The molecule has 0 saturated heterocycles. The number of nitrogens with zero attached hydrogens (tertiary/aromatic N) is 1. The number of carbonyl (C=O) groups excluding carboxylic acids is 2. The minimum Gasteiger partial charge on any atom is -0.492 e. The monoisotopic (exact) mass is 499 g/mol. The largest absolute Gasteiger partial charge is 0.492 e. The second-order valence-electron chi connectivity index (χ2n) is 11.5. The Morgan fingerprint density at radius 1 is 1.03 bits per heavy atom. The van der Waals surface area contributed by atoms with Crippen LogP contribution >= 0.6 is 11.6 Å². The molecule has 7 heteroatoms. The molecule has 0 aromatic heterocycles. The Bertz CT molecular complexity index is 1110. The number of Topliss-reactive ketones (excluding diaryl/α,β-unsaturated/α-hetero) is 2. The first-order valence-corrected chi connectivity index (χ1v) is 12.7. The Balaban J connectivity index is 1.96. The van der Waals surface area contributed by atoms with Crippen molar-refractivity contribution < 1.29 is 24.2 Å². The van der Waals surface area contributed by atoms with E-state index >= 15 is 0 Å². The van der Waals surface area contributed by atoms with Gasteiger partial charge in [0.05, 0.1) is 18.1 Å². The van der Waals surface area contributed by atoms with Gasteiger partial charge in [-0.3, -0.25) is 14.4 Å². The van der Waals surface area contributed by atoms with E-state index in [2.05, 4.69) is 27.7 Å². The van der Waals surface area contributed by atoms with Crippen LogP contribution in [0.3, 0.4) is 0 Å². The van der Waals surface area contributed by atoms with Crippen molar-refractivity contribution in [3.63, 3.8) is 0 Å². The molecule has 188 valence electrons. The van der Waals surface area contributed by atoms with E-state index in [1.54, 1.807) is 12.1 Å². The van der Waals surface area contributed by atoms with Gasteiger partial charge in [-0.25, -0.2) is 0 Å². The first-order valence-electron chi connectivity index (χ1n) is 12.3. The van der Waals surface area contributed by atoms with Gasteiger partial charge in [-0.15, -0.1) is 0 Å². The Hall–Kier alpha value is -2.60. The minimum absolute atomic E-state index is 0.00997. The van der Waals surface area contributed by atoms with E-state index in [1.165, 1.54) is 0 Å². The molecule has 1 heterocycles. The number of hydrogen-bond donors (Lipinski definition) is 1. The van der Waals surface area contributed by atoms with Gasteiger partial charge in [0.1, 0.15) is 5.75 Å². The number of benzene rings is 1. The Morgan fingerprint density at radius 2 is 1.57 bits per heavy atom. The van der Waals surface area contributed by atoms with Crippen LogP contribution < -0.4 is 4.74 Å². The van der Waals surface area contributed by atoms with Crippen LogP contribution in [0.5, 0.6) is 5.75 Å². The number of allylic oxidation sites excluding steroid dienone is 4. The molecule has 1 aromatic carbocycles. The second kappa shape index (κ2) is 9.12. The highest BCUT2D eigenvalue weighted by molar-refractivity contribution is 6.32. The number of aliphatic carboxylic acids is 1. The standard InChI is InChI=1S/C28H34ClNO5/c1-6-35-22-8-7-16(11-17(22)29)24-25-18(12-27(2,3)14-20(25)31)30(10-9-23(33)34)19-13-28(4,5)15-21(32)26(19)24/h7-8,11,24H,6,9-10,12-15H2,1-5H3,(H,33,34). The van der Waals surface area contributed by atoms with Crippen LogP contribution in [0.25, 0.3) is 0 Å². The fourth-order valence-corrected chi connectivity index (χ4v) is 6.07. The predicted octanol–water partition coefficient (Wildman–Crippen LogP) is 5.90. The van der Waals surface area contributed by atoms with Crippen molar-refractivity contribution in [3.8, 4) is 5.75 Å². The van der Waals surface area contributed by atoms with E-state index in [0.717, 1.165) is 17.0 Å². The Kier molecular flexibility index (Phi) is 6.64. The van der Waals surface area contributed by atoms with Crippen molar-refractivity contribution in [1.82, 2.24) is 4.90 Å². The van der Waals surface area contributed by atoms with Crippen LogP contribution in [0.15, 0.2) is 40.7 Å². The van der Waals surface area contributed by atoms with Crippen molar-refractivity contribution in [2.75, 3.05) is 13.2 Å². The number of ketones is 2. The van der Waals surface area contributed by atoms with Crippen LogP contribution in [-0.4, -0.2) is 40.7 Å². The maximum absolute atomic E-state index is 13.7. The maximum Gasteiger partial charge on any atom is 0.305 e. The molecule has 3 aliphatic rings. The van der Waals surface area contributed by atoms with Gasteiger partial charge in [0.25, 0.3) is 0 Å². The third-order valence-electron chi connectivity index (χ3n) is 7.16. The molecule has 35 heavy (non-hydrogen) atoms. The van der Waals surface area contributed by atoms with Gasteiger partial charge < -0.3 is 14.7 Å². The summed E-state index contributed by atoms with van der Waals surface area (Å²) in [6.45, 7) is 10.8. The van der Waals surface area contributed by atoms with Crippen LogP contribution in [-0.2, 0) is 14.4 Å². The number of carboxylic acid groups (broad SMARTS) is 1. The van der Waals surface area contributed by atoms with E-state index < -0.39 is 11.9 Å². The molecule has 0 saturated carbocycles. The molecular formula is C28H34ClNO5. The molecule has 1 aromatic rings. The summed E-state index contributed by atoms with van der Waals surface area (Å²) in [5.41, 5.74) is 3.20. The topological polar surface area (TPSA) is 83.9 Å². The summed E-state index contributed by atoms with van der Waals surface area (Å²) in [5, 5.41) is 9.90. The van der Waals surface area contributed by atoms with Crippen molar-refractivity contribution in [3.05, 3.63) is 51.3 Å². The number of rotatable bonds is 6. The summed E-state index contributed by atoms with van der Waals surface area (Å²) in [7, 11) is 0. The molecule has 0 spiro atoms. The lowest BCUT2D eigenvalue weighted by atomic mass is 9.63. The lowest BCUT2D eigenvalue weighted by Gasteiger charge is -2.49. The highest BCUT2D eigenvalue weighted by Crippen LogP contribution is 2.54. The lowest BCUT2D eigenvalue weighted by molar-refractivity contribution is -0.137. The van der Waals surface area contributed by atoms with Gasteiger partial charge in [-0.2, -0.15) is 0 Å². The van der Waals surface area contributed by atoms with Crippen LogP contribution in [0.4, 0.5) is 0 Å². The summed E-state index contributed by atoms with van der Waals surface area (Å²) < 4.78 is 5.61. The van der Waals surface area contributed by atoms with E-state index in [9.17, 15) is 19.5 Å². The molecule has 1 aliphatic heterocycles. The van der Waals surface area contributed by atoms with Gasteiger partial charge in [0, 0.05) is 47.8 Å². The van der Waals surface area contributed by atoms with E-state index in [-0.39, 0.29) is 35.4 Å². The van der Waals surface area contributed by atoms with Gasteiger partial charge >= 0.3 is 5.97 Å². The molecule has 0 fully saturated rings. The van der Waals surface area contributed by atoms with E-state index in [4.69, 9.17) is 16.3 Å². The third-order valence-corrected chi connectivity index (χ3v) is 7.46. The fourth-order valence-electron chi connectivity index (χ4n) is 5.83. The molecule has 0 amide bonds. The molecular weight excluding hydrogens is 466 g/mol.